The molecule has 26 heavy (non-hydrogen) atoms. The Morgan fingerprint density at radius 2 is 1.31 bits per heavy atom. The smallest absolute Gasteiger partial charge is 0.272 e. The maximum Gasteiger partial charge on any atom is 0.299 e. The normalized spacial score (nSPS) is 11.4. The van der Waals surface area contributed by atoms with Gasteiger partial charge in [0.25, 0.3) is 11.1 Å². The van der Waals surface area contributed by atoms with Crippen molar-refractivity contribution in [1.82, 2.24) is 14.0 Å². The number of aromatic nitrogens is 3. The van der Waals surface area contributed by atoms with Gasteiger partial charge in [0.1, 0.15) is 0 Å². The Bertz CT molecular complexity index is 1420. The Balaban J connectivity index is 2.11. The summed E-state index contributed by atoms with van der Waals surface area (Å²) in [5.74, 6) is 0. The summed E-state index contributed by atoms with van der Waals surface area (Å²) >= 11 is 0. The van der Waals surface area contributed by atoms with Crippen LogP contribution in [0.1, 0.15) is 0 Å². The summed E-state index contributed by atoms with van der Waals surface area (Å²) < 4.78 is 3.02. The fourth-order valence-electron chi connectivity index (χ4n) is 3.38. The predicted molar refractivity (Wildman–Crippen MR) is 102 cm³/mol. The summed E-state index contributed by atoms with van der Waals surface area (Å²) in [5, 5.41) is 0.493. The van der Waals surface area contributed by atoms with E-state index in [-0.39, 0.29) is 16.8 Å². The van der Waals surface area contributed by atoms with Gasteiger partial charge >= 0.3 is 0 Å². The molecule has 0 aliphatic carbocycles. The molecule has 3 aromatic carbocycles. The maximum atomic E-state index is 13.3. The van der Waals surface area contributed by atoms with Crippen molar-refractivity contribution in [2.45, 2.75) is 0 Å². The number of fused-ring (bicyclic) bond motifs is 4. The first kappa shape index (κ1) is 14.6. The SMILES string of the molecule is O=c1c2nc3ccccc3c(=O)n2c2ccccc2n1-c1ccccc1. The van der Waals surface area contributed by atoms with Crippen LogP contribution in [0.15, 0.2) is 88.5 Å². The molecule has 0 N–H and O–H groups in total. The van der Waals surface area contributed by atoms with E-state index in [0.29, 0.717) is 21.9 Å². The van der Waals surface area contributed by atoms with Gasteiger partial charge in [0, 0.05) is 5.69 Å². The third kappa shape index (κ3) is 1.94. The molecule has 5 aromatic rings. The Morgan fingerprint density at radius 1 is 0.654 bits per heavy atom. The largest absolute Gasteiger partial charge is 0.299 e. The minimum absolute atomic E-state index is 0.122. The van der Waals surface area contributed by atoms with E-state index in [0.717, 1.165) is 5.69 Å². The molecule has 0 atom stereocenters. The molecular formula is C21H13N3O2. The number of para-hydroxylation sites is 4. The second-order valence-corrected chi connectivity index (χ2v) is 6.06. The van der Waals surface area contributed by atoms with Crippen molar-refractivity contribution in [2.24, 2.45) is 0 Å². The highest BCUT2D eigenvalue weighted by Crippen LogP contribution is 2.18. The zero-order chi connectivity index (χ0) is 17.7. The van der Waals surface area contributed by atoms with Crippen LogP contribution in [0, 0.1) is 0 Å². The topological polar surface area (TPSA) is 56.4 Å². The molecule has 0 spiro atoms. The van der Waals surface area contributed by atoms with E-state index in [9.17, 15) is 9.59 Å². The Labute approximate surface area is 147 Å². The fraction of sp³-hybridized carbons (Fsp3) is 0. The van der Waals surface area contributed by atoms with Crippen molar-refractivity contribution < 1.29 is 0 Å². The van der Waals surface area contributed by atoms with Crippen molar-refractivity contribution in [3.8, 4) is 5.69 Å². The summed E-state index contributed by atoms with van der Waals surface area (Å²) in [5.41, 5.74) is 2.13. The summed E-state index contributed by atoms with van der Waals surface area (Å²) in [6.07, 6.45) is 0. The quantitative estimate of drug-likeness (QED) is 0.348. The molecule has 0 unspecified atom stereocenters. The van der Waals surface area contributed by atoms with E-state index < -0.39 is 0 Å². The van der Waals surface area contributed by atoms with Gasteiger partial charge in [0.05, 0.1) is 21.9 Å². The van der Waals surface area contributed by atoms with Crippen LogP contribution < -0.4 is 11.1 Å². The molecule has 0 bridgehead atoms. The molecule has 0 aliphatic heterocycles. The van der Waals surface area contributed by atoms with Crippen molar-refractivity contribution >= 4 is 27.6 Å². The standard InChI is InChI=1S/C21H13N3O2/c25-20-15-10-4-5-11-16(15)22-19-21(26)23(14-8-2-1-3-9-14)17-12-6-7-13-18(17)24(19)20/h1-13H. The van der Waals surface area contributed by atoms with E-state index in [4.69, 9.17) is 0 Å². The van der Waals surface area contributed by atoms with Gasteiger partial charge in [-0.2, -0.15) is 0 Å². The van der Waals surface area contributed by atoms with E-state index in [1.54, 1.807) is 22.8 Å². The van der Waals surface area contributed by atoms with Crippen LogP contribution >= 0.6 is 0 Å². The molecule has 0 radical (unpaired) electrons. The predicted octanol–water partition coefficient (Wildman–Crippen LogP) is 3.15. The number of benzene rings is 3. The van der Waals surface area contributed by atoms with Crippen molar-refractivity contribution in [2.75, 3.05) is 0 Å². The molecule has 5 nitrogen and oxygen atoms in total. The summed E-state index contributed by atoms with van der Waals surface area (Å²) in [4.78, 5) is 30.9. The van der Waals surface area contributed by atoms with Crippen LogP contribution in [0.5, 0.6) is 0 Å². The van der Waals surface area contributed by atoms with Gasteiger partial charge in [-0.05, 0) is 36.4 Å². The molecule has 0 saturated heterocycles. The Morgan fingerprint density at radius 3 is 2.12 bits per heavy atom. The molecule has 0 saturated carbocycles. The molecule has 5 heteroatoms. The van der Waals surface area contributed by atoms with Gasteiger partial charge in [0.15, 0.2) is 0 Å². The number of hydrogen-bond acceptors (Lipinski definition) is 3. The first-order valence-corrected chi connectivity index (χ1v) is 8.26. The van der Waals surface area contributed by atoms with Gasteiger partial charge in [-0.25, -0.2) is 4.98 Å². The lowest BCUT2D eigenvalue weighted by atomic mass is 10.2. The highest BCUT2D eigenvalue weighted by atomic mass is 16.1. The van der Waals surface area contributed by atoms with E-state index in [2.05, 4.69) is 4.98 Å². The molecule has 0 amide bonds. The lowest BCUT2D eigenvalue weighted by Crippen LogP contribution is -2.28. The second-order valence-electron chi connectivity index (χ2n) is 6.06. The monoisotopic (exact) mass is 339 g/mol. The van der Waals surface area contributed by atoms with Gasteiger partial charge < -0.3 is 0 Å². The van der Waals surface area contributed by atoms with Crippen molar-refractivity contribution in [1.29, 1.82) is 0 Å². The number of rotatable bonds is 1. The average molecular weight is 339 g/mol. The molecule has 5 rings (SSSR count). The molecule has 0 aliphatic rings. The fourth-order valence-corrected chi connectivity index (χ4v) is 3.38. The molecule has 2 heterocycles. The average Bonchev–Trinajstić information content (AvgIpc) is 2.69. The number of hydrogen-bond donors (Lipinski definition) is 0. The summed E-state index contributed by atoms with van der Waals surface area (Å²) in [6, 6.07) is 23.8. The Kier molecular flexibility index (Phi) is 3.03. The molecule has 0 fully saturated rings. The van der Waals surface area contributed by atoms with Crippen LogP contribution in [0.25, 0.3) is 33.3 Å². The highest BCUT2D eigenvalue weighted by Gasteiger charge is 2.16. The van der Waals surface area contributed by atoms with E-state index in [1.807, 2.05) is 60.7 Å². The van der Waals surface area contributed by atoms with Crippen molar-refractivity contribution in [3.05, 3.63) is 99.6 Å². The van der Waals surface area contributed by atoms with Crippen LogP contribution in [-0.2, 0) is 0 Å². The minimum atomic E-state index is -0.322. The van der Waals surface area contributed by atoms with Gasteiger partial charge in [-0.15, -0.1) is 0 Å². The van der Waals surface area contributed by atoms with Crippen LogP contribution in [0.2, 0.25) is 0 Å². The van der Waals surface area contributed by atoms with Gasteiger partial charge in [-0.1, -0.05) is 42.5 Å². The summed E-state index contributed by atoms with van der Waals surface area (Å²) in [6.45, 7) is 0. The van der Waals surface area contributed by atoms with Crippen LogP contribution in [-0.4, -0.2) is 14.0 Å². The second kappa shape index (κ2) is 5.39. The van der Waals surface area contributed by atoms with E-state index in [1.165, 1.54) is 4.40 Å². The minimum Gasteiger partial charge on any atom is -0.272 e. The van der Waals surface area contributed by atoms with Crippen LogP contribution in [0.3, 0.4) is 0 Å². The number of nitrogens with zero attached hydrogens (tertiary/aromatic N) is 3. The lowest BCUT2D eigenvalue weighted by Gasteiger charge is -2.14. The van der Waals surface area contributed by atoms with Gasteiger partial charge in [0.2, 0.25) is 5.65 Å². The zero-order valence-electron chi connectivity index (χ0n) is 13.7. The lowest BCUT2D eigenvalue weighted by molar-refractivity contribution is 0.987. The molecule has 124 valence electrons. The van der Waals surface area contributed by atoms with Crippen molar-refractivity contribution in [3.63, 3.8) is 0 Å². The highest BCUT2D eigenvalue weighted by molar-refractivity contribution is 5.85. The van der Waals surface area contributed by atoms with Gasteiger partial charge in [-0.3, -0.25) is 18.6 Å². The third-order valence-corrected chi connectivity index (χ3v) is 4.55. The first-order chi connectivity index (χ1) is 12.8. The molecule has 2 aromatic heterocycles. The van der Waals surface area contributed by atoms with Crippen LogP contribution in [0.4, 0.5) is 0 Å². The maximum absolute atomic E-state index is 13.3. The first-order valence-electron chi connectivity index (χ1n) is 8.26. The zero-order valence-corrected chi connectivity index (χ0v) is 13.7. The summed E-state index contributed by atoms with van der Waals surface area (Å²) in [7, 11) is 0. The third-order valence-electron chi connectivity index (χ3n) is 4.55. The van der Waals surface area contributed by atoms with E-state index >= 15 is 0 Å². The molecular weight excluding hydrogens is 326 g/mol. The Hall–Kier alpha value is -3.73.